The first-order valence-electron chi connectivity index (χ1n) is 9.09. The van der Waals surface area contributed by atoms with Crippen LogP contribution in [0.3, 0.4) is 0 Å². The molecule has 2 nitrogen and oxygen atoms in total. The molecule has 0 aliphatic carbocycles. The molecule has 0 amide bonds. The normalized spacial score (nSPS) is 16.8. The van der Waals surface area contributed by atoms with Gasteiger partial charge in [-0.05, 0) is 55.3 Å². The van der Waals surface area contributed by atoms with Crippen molar-refractivity contribution in [1.29, 1.82) is 0 Å². The van der Waals surface area contributed by atoms with Crippen LogP contribution in [0.5, 0.6) is 0 Å². The number of likely N-dealkylation sites (N-methyl/N-ethyl adjacent to an activating group) is 1. The van der Waals surface area contributed by atoms with E-state index in [-0.39, 0.29) is 0 Å². The quantitative estimate of drug-likeness (QED) is 0.770. The number of nitrogens with zero attached hydrogens (tertiary/aromatic N) is 2. The Kier molecular flexibility index (Phi) is 5.99. The molecule has 2 aromatic rings. The largest absolute Gasteiger partial charge is 0.416 e. The second-order valence-electron chi connectivity index (χ2n) is 7.02. The van der Waals surface area contributed by atoms with Crippen molar-refractivity contribution in [3.8, 4) is 11.1 Å². The van der Waals surface area contributed by atoms with Crippen molar-refractivity contribution >= 4 is 0 Å². The Labute approximate surface area is 153 Å². The molecule has 1 heterocycles. The topological polar surface area (TPSA) is 6.48 Å². The minimum absolute atomic E-state index is 0.607. The van der Waals surface area contributed by atoms with Gasteiger partial charge in [0.15, 0.2) is 0 Å². The van der Waals surface area contributed by atoms with Gasteiger partial charge in [-0.15, -0.1) is 0 Å². The Morgan fingerprint density at radius 3 is 2.23 bits per heavy atom. The van der Waals surface area contributed by atoms with E-state index in [1.165, 1.54) is 5.56 Å². The van der Waals surface area contributed by atoms with Gasteiger partial charge >= 0.3 is 6.18 Å². The summed E-state index contributed by atoms with van der Waals surface area (Å²) >= 11 is 0. The summed E-state index contributed by atoms with van der Waals surface area (Å²) in [5.74, 6) is 0. The SMILES string of the molecule is CN1CCN(CCCc2cccc(-c3ccc(C(F)(F)F)cc3)c2)CC1. The zero-order valence-electron chi connectivity index (χ0n) is 15.1. The van der Waals surface area contributed by atoms with Crippen molar-refractivity contribution < 1.29 is 13.2 Å². The summed E-state index contributed by atoms with van der Waals surface area (Å²) in [6, 6.07) is 13.5. The Morgan fingerprint density at radius 1 is 0.885 bits per heavy atom. The average Bonchev–Trinajstić information content (AvgIpc) is 2.63. The van der Waals surface area contributed by atoms with Gasteiger partial charge in [0.1, 0.15) is 0 Å². The summed E-state index contributed by atoms with van der Waals surface area (Å²) in [5, 5.41) is 0. The van der Waals surface area contributed by atoms with Crippen LogP contribution in [-0.2, 0) is 12.6 Å². The van der Waals surface area contributed by atoms with Crippen molar-refractivity contribution in [3.63, 3.8) is 0 Å². The molecule has 0 atom stereocenters. The maximum Gasteiger partial charge on any atom is 0.416 e. The highest BCUT2D eigenvalue weighted by Crippen LogP contribution is 2.31. The molecule has 0 aromatic heterocycles. The number of halogens is 3. The number of hydrogen-bond donors (Lipinski definition) is 0. The minimum Gasteiger partial charge on any atom is -0.304 e. The van der Waals surface area contributed by atoms with E-state index in [4.69, 9.17) is 0 Å². The second kappa shape index (κ2) is 8.23. The van der Waals surface area contributed by atoms with E-state index in [2.05, 4.69) is 29.0 Å². The van der Waals surface area contributed by atoms with E-state index in [1.807, 2.05) is 12.1 Å². The van der Waals surface area contributed by atoms with Crippen molar-refractivity contribution in [2.45, 2.75) is 19.0 Å². The maximum absolute atomic E-state index is 12.7. The van der Waals surface area contributed by atoms with Crippen LogP contribution in [0, 0.1) is 0 Å². The van der Waals surface area contributed by atoms with Gasteiger partial charge in [-0.2, -0.15) is 13.2 Å². The zero-order valence-corrected chi connectivity index (χ0v) is 15.1. The molecule has 1 aliphatic rings. The molecule has 0 bridgehead atoms. The predicted octanol–water partition coefficient (Wildman–Crippen LogP) is 4.55. The maximum atomic E-state index is 12.7. The monoisotopic (exact) mass is 362 g/mol. The Bertz CT molecular complexity index is 702. The molecule has 3 rings (SSSR count). The van der Waals surface area contributed by atoms with Crippen LogP contribution in [0.2, 0.25) is 0 Å². The number of alkyl halides is 3. The first kappa shape index (κ1) is 18.9. The van der Waals surface area contributed by atoms with E-state index in [0.29, 0.717) is 0 Å². The van der Waals surface area contributed by atoms with Gasteiger partial charge in [0.2, 0.25) is 0 Å². The van der Waals surface area contributed by atoms with Gasteiger partial charge < -0.3 is 9.80 Å². The highest BCUT2D eigenvalue weighted by molar-refractivity contribution is 5.64. The molecule has 0 unspecified atom stereocenters. The molecular weight excluding hydrogens is 337 g/mol. The van der Waals surface area contributed by atoms with Gasteiger partial charge in [0, 0.05) is 26.2 Å². The number of hydrogen-bond acceptors (Lipinski definition) is 2. The lowest BCUT2D eigenvalue weighted by Gasteiger charge is -2.32. The van der Waals surface area contributed by atoms with Gasteiger partial charge in [-0.3, -0.25) is 0 Å². The van der Waals surface area contributed by atoms with E-state index in [1.54, 1.807) is 12.1 Å². The fraction of sp³-hybridized carbons (Fsp3) is 0.429. The van der Waals surface area contributed by atoms with E-state index in [9.17, 15) is 13.2 Å². The molecule has 1 aliphatic heterocycles. The lowest BCUT2D eigenvalue weighted by molar-refractivity contribution is -0.137. The number of piperazine rings is 1. The molecule has 0 spiro atoms. The van der Waals surface area contributed by atoms with Gasteiger partial charge in [-0.25, -0.2) is 0 Å². The highest BCUT2D eigenvalue weighted by atomic mass is 19.4. The standard InChI is InChI=1S/C21H25F3N2/c1-25-12-14-26(15-13-25)11-3-5-17-4-2-6-19(16-17)18-7-9-20(10-8-18)21(22,23)24/h2,4,6-10,16H,3,5,11-15H2,1H3. The smallest absolute Gasteiger partial charge is 0.304 e. The van der Waals surface area contributed by atoms with Gasteiger partial charge in [0.05, 0.1) is 5.56 Å². The van der Waals surface area contributed by atoms with E-state index >= 15 is 0 Å². The summed E-state index contributed by atoms with van der Waals surface area (Å²) < 4.78 is 38.1. The zero-order chi connectivity index (χ0) is 18.6. The molecule has 1 fully saturated rings. The molecule has 5 heteroatoms. The van der Waals surface area contributed by atoms with Crippen LogP contribution in [0.25, 0.3) is 11.1 Å². The lowest BCUT2D eigenvalue weighted by atomic mass is 10.00. The summed E-state index contributed by atoms with van der Waals surface area (Å²) in [5.41, 5.74) is 2.41. The van der Waals surface area contributed by atoms with Crippen LogP contribution in [0.15, 0.2) is 48.5 Å². The number of benzene rings is 2. The molecule has 0 N–H and O–H groups in total. The predicted molar refractivity (Wildman–Crippen MR) is 99.1 cm³/mol. The molecule has 2 aromatic carbocycles. The molecule has 26 heavy (non-hydrogen) atoms. The van der Waals surface area contributed by atoms with Crippen molar-refractivity contribution in [2.24, 2.45) is 0 Å². The molecule has 0 saturated carbocycles. The first-order valence-corrected chi connectivity index (χ1v) is 9.09. The average molecular weight is 362 g/mol. The van der Waals surface area contributed by atoms with Gasteiger partial charge in [-0.1, -0.05) is 36.4 Å². The van der Waals surface area contributed by atoms with Crippen molar-refractivity contribution in [2.75, 3.05) is 39.8 Å². The van der Waals surface area contributed by atoms with Crippen LogP contribution >= 0.6 is 0 Å². The fourth-order valence-electron chi connectivity index (χ4n) is 3.34. The Hall–Kier alpha value is -1.85. The van der Waals surface area contributed by atoms with E-state index in [0.717, 1.165) is 68.8 Å². The summed E-state index contributed by atoms with van der Waals surface area (Å²) in [4.78, 5) is 4.85. The van der Waals surface area contributed by atoms with Crippen LogP contribution in [-0.4, -0.2) is 49.6 Å². The van der Waals surface area contributed by atoms with Crippen LogP contribution < -0.4 is 0 Å². The lowest BCUT2D eigenvalue weighted by Crippen LogP contribution is -2.44. The fourth-order valence-corrected chi connectivity index (χ4v) is 3.34. The number of rotatable bonds is 5. The molecule has 0 radical (unpaired) electrons. The van der Waals surface area contributed by atoms with Crippen molar-refractivity contribution in [3.05, 3.63) is 59.7 Å². The summed E-state index contributed by atoms with van der Waals surface area (Å²) in [6.45, 7) is 5.61. The minimum atomic E-state index is -4.29. The third-order valence-corrected chi connectivity index (χ3v) is 5.01. The molecular formula is C21H25F3N2. The first-order chi connectivity index (χ1) is 12.4. The van der Waals surface area contributed by atoms with Crippen molar-refractivity contribution in [1.82, 2.24) is 9.80 Å². The van der Waals surface area contributed by atoms with Crippen LogP contribution in [0.1, 0.15) is 17.5 Å². The highest BCUT2D eigenvalue weighted by Gasteiger charge is 2.29. The molecule has 1 saturated heterocycles. The number of aryl methyl sites for hydroxylation is 1. The van der Waals surface area contributed by atoms with Crippen LogP contribution in [0.4, 0.5) is 13.2 Å². The third kappa shape index (κ3) is 5.08. The second-order valence-corrected chi connectivity index (χ2v) is 7.02. The summed E-state index contributed by atoms with van der Waals surface area (Å²) in [7, 11) is 2.16. The van der Waals surface area contributed by atoms with E-state index < -0.39 is 11.7 Å². The third-order valence-electron chi connectivity index (χ3n) is 5.01. The summed E-state index contributed by atoms with van der Waals surface area (Å²) in [6.07, 6.45) is -2.20. The Morgan fingerprint density at radius 2 is 1.58 bits per heavy atom. The van der Waals surface area contributed by atoms with Gasteiger partial charge in [0.25, 0.3) is 0 Å². The Balaban J connectivity index is 1.58. The molecule has 140 valence electrons.